The van der Waals surface area contributed by atoms with Crippen molar-refractivity contribution >= 4 is 17.7 Å². The maximum Gasteiger partial charge on any atom is 0.410 e. The summed E-state index contributed by atoms with van der Waals surface area (Å²) in [6.45, 7) is 8.21. The quantitative estimate of drug-likeness (QED) is 0.493. The van der Waals surface area contributed by atoms with E-state index in [9.17, 15) is 18.4 Å². The van der Waals surface area contributed by atoms with Gasteiger partial charge in [0, 0.05) is 30.8 Å². The van der Waals surface area contributed by atoms with Crippen LogP contribution in [-0.2, 0) is 4.74 Å². The number of carbonyl (C=O) groups is 2. The highest BCUT2D eigenvalue weighted by Gasteiger charge is 2.32. The van der Waals surface area contributed by atoms with Gasteiger partial charge in [-0.2, -0.15) is 5.10 Å². The first-order valence-corrected chi connectivity index (χ1v) is 11.9. The van der Waals surface area contributed by atoms with Gasteiger partial charge in [-0.3, -0.25) is 4.79 Å². The Bertz CT molecular complexity index is 1260. The fourth-order valence-electron chi connectivity index (χ4n) is 4.27. The summed E-state index contributed by atoms with van der Waals surface area (Å²) in [6, 6.07) is 10.6. The first-order chi connectivity index (χ1) is 17.0. The van der Waals surface area contributed by atoms with E-state index < -0.39 is 23.3 Å². The highest BCUT2D eigenvalue weighted by atomic mass is 19.1. The van der Waals surface area contributed by atoms with E-state index >= 15 is 0 Å². The average molecular weight is 497 g/mol. The van der Waals surface area contributed by atoms with Gasteiger partial charge in [-0.1, -0.05) is 17.7 Å². The van der Waals surface area contributed by atoms with Crippen LogP contribution in [0.1, 0.15) is 61.1 Å². The Morgan fingerprint density at radius 1 is 1.06 bits per heavy atom. The van der Waals surface area contributed by atoms with E-state index in [0.717, 1.165) is 17.7 Å². The Labute approximate surface area is 209 Å². The van der Waals surface area contributed by atoms with Crippen molar-refractivity contribution in [2.24, 2.45) is 0 Å². The molecule has 2 heterocycles. The van der Waals surface area contributed by atoms with Gasteiger partial charge in [-0.05, 0) is 64.8 Å². The number of halogens is 2. The number of benzene rings is 2. The van der Waals surface area contributed by atoms with Crippen LogP contribution in [0.15, 0.2) is 48.7 Å². The molecule has 0 radical (unpaired) electrons. The van der Waals surface area contributed by atoms with Gasteiger partial charge in [0.15, 0.2) is 5.82 Å². The second-order valence-electron chi connectivity index (χ2n) is 10.0. The summed E-state index contributed by atoms with van der Waals surface area (Å²) < 4.78 is 35.2. The zero-order valence-corrected chi connectivity index (χ0v) is 20.8. The molecule has 190 valence electrons. The summed E-state index contributed by atoms with van der Waals surface area (Å²) >= 11 is 0. The molecule has 7 nitrogen and oxygen atoms in total. The molecule has 2 amide bonds. The minimum Gasteiger partial charge on any atom is -0.444 e. The number of nitrogens with zero attached hydrogens (tertiary/aromatic N) is 3. The van der Waals surface area contributed by atoms with E-state index in [0.29, 0.717) is 42.9 Å². The standard InChI is InChI=1S/C27H30F2N4O3/c1-17-5-8-20(9-6-17)31-25(34)21-16-30-33(23-10-7-19(28)15-22(23)29)24(21)18-11-13-32(14-12-18)26(35)36-27(2,3)4/h5-10,15-16,18H,11-14H2,1-4H3,(H,31,34). The second kappa shape index (κ2) is 10.1. The summed E-state index contributed by atoms with van der Waals surface area (Å²) in [5.74, 6) is -2.05. The minimum atomic E-state index is -0.781. The normalized spacial score (nSPS) is 14.6. The lowest BCUT2D eigenvalue weighted by Crippen LogP contribution is -2.41. The minimum absolute atomic E-state index is 0.0513. The molecule has 0 bridgehead atoms. The molecule has 1 aromatic heterocycles. The molecule has 0 saturated carbocycles. The topological polar surface area (TPSA) is 76.5 Å². The largest absolute Gasteiger partial charge is 0.444 e. The number of amides is 2. The molecule has 1 saturated heterocycles. The smallest absolute Gasteiger partial charge is 0.410 e. The molecule has 9 heteroatoms. The van der Waals surface area contributed by atoms with Crippen molar-refractivity contribution in [3.8, 4) is 5.69 Å². The third-order valence-corrected chi connectivity index (χ3v) is 6.03. The predicted molar refractivity (Wildman–Crippen MR) is 132 cm³/mol. The maximum absolute atomic E-state index is 14.7. The number of piperidine rings is 1. The van der Waals surface area contributed by atoms with Gasteiger partial charge in [-0.25, -0.2) is 18.3 Å². The molecule has 4 rings (SSSR count). The lowest BCUT2D eigenvalue weighted by Gasteiger charge is -2.34. The van der Waals surface area contributed by atoms with E-state index in [1.807, 2.05) is 39.8 Å². The molecule has 0 spiro atoms. The van der Waals surface area contributed by atoms with E-state index in [2.05, 4.69) is 10.4 Å². The van der Waals surface area contributed by atoms with Gasteiger partial charge in [0.2, 0.25) is 0 Å². The van der Waals surface area contributed by atoms with Crippen molar-refractivity contribution in [3.63, 3.8) is 0 Å². The molecule has 0 atom stereocenters. The third kappa shape index (κ3) is 5.72. The van der Waals surface area contributed by atoms with Gasteiger partial charge in [-0.15, -0.1) is 0 Å². The lowest BCUT2D eigenvalue weighted by molar-refractivity contribution is 0.0203. The first kappa shape index (κ1) is 25.3. The predicted octanol–water partition coefficient (Wildman–Crippen LogP) is 5.83. The van der Waals surface area contributed by atoms with Crippen LogP contribution in [-0.4, -0.2) is 45.4 Å². The molecule has 1 N–H and O–H groups in total. The summed E-state index contributed by atoms with van der Waals surface area (Å²) in [4.78, 5) is 27.4. The Morgan fingerprint density at radius 2 is 1.72 bits per heavy atom. The van der Waals surface area contributed by atoms with Gasteiger partial charge in [0.1, 0.15) is 17.1 Å². The number of likely N-dealkylation sites (tertiary alicyclic amines) is 1. The van der Waals surface area contributed by atoms with Crippen LogP contribution in [0.5, 0.6) is 0 Å². The van der Waals surface area contributed by atoms with Gasteiger partial charge in [0.25, 0.3) is 5.91 Å². The van der Waals surface area contributed by atoms with Crippen molar-refractivity contribution in [2.45, 2.75) is 52.1 Å². The Balaban J connectivity index is 1.64. The molecular weight excluding hydrogens is 466 g/mol. The number of rotatable bonds is 4. The van der Waals surface area contributed by atoms with Crippen molar-refractivity contribution in [1.29, 1.82) is 0 Å². The van der Waals surface area contributed by atoms with Crippen LogP contribution in [0.25, 0.3) is 5.69 Å². The Kier molecular flexibility index (Phi) is 7.10. The van der Waals surface area contributed by atoms with Crippen LogP contribution in [0.2, 0.25) is 0 Å². The van der Waals surface area contributed by atoms with Crippen molar-refractivity contribution in [3.05, 3.63) is 77.1 Å². The summed E-state index contributed by atoms with van der Waals surface area (Å²) in [5.41, 5.74) is 1.95. The first-order valence-electron chi connectivity index (χ1n) is 11.9. The Hall–Kier alpha value is -3.75. The third-order valence-electron chi connectivity index (χ3n) is 6.03. The molecular formula is C27H30F2N4O3. The van der Waals surface area contributed by atoms with Crippen LogP contribution < -0.4 is 5.32 Å². The van der Waals surface area contributed by atoms with Gasteiger partial charge in [0.05, 0.1) is 17.5 Å². The van der Waals surface area contributed by atoms with E-state index in [1.165, 1.54) is 16.9 Å². The number of anilines is 1. The van der Waals surface area contributed by atoms with Crippen molar-refractivity contribution in [1.82, 2.24) is 14.7 Å². The number of hydrogen-bond donors (Lipinski definition) is 1. The van der Waals surface area contributed by atoms with E-state index in [-0.39, 0.29) is 17.5 Å². The average Bonchev–Trinajstić information content (AvgIpc) is 3.24. The zero-order chi connectivity index (χ0) is 26.0. The monoisotopic (exact) mass is 496 g/mol. The van der Waals surface area contributed by atoms with Crippen molar-refractivity contribution in [2.75, 3.05) is 18.4 Å². The maximum atomic E-state index is 14.7. The van der Waals surface area contributed by atoms with Crippen LogP contribution in [0, 0.1) is 18.6 Å². The molecule has 0 unspecified atom stereocenters. The van der Waals surface area contributed by atoms with E-state index in [4.69, 9.17) is 4.74 Å². The number of hydrogen-bond acceptors (Lipinski definition) is 4. The summed E-state index contributed by atoms with van der Waals surface area (Å²) in [6.07, 6.45) is 2.07. The van der Waals surface area contributed by atoms with Gasteiger partial charge < -0.3 is 15.0 Å². The van der Waals surface area contributed by atoms with Crippen molar-refractivity contribution < 1.29 is 23.1 Å². The highest BCUT2D eigenvalue weighted by molar-refractivity contribution is 6.05. The number of aromatic nitrogens is 2. The van der Waals surface area contributed by atoms with Crippen LogP contribution >= 0.6 is 0 Å². The number of ether oxygens (including phenoxy) is 1. The summed E-state index contributed by atoms with van der Waals surface area (Å²) in [7, 11) is 0. The second-order valence-corrected chi connectivity index (χ2v) is 10.0. The highest BCUT2D eigenvalue weighted by Crippen LogP contribution is 2.33. The SMILES string of the molecule is Cc1ccc(NC(=O)c2cnn(-c3ccc(F)cc3F)c2C2CCN(C(=O)OC(C)(C)C)CC2)cc1. The number of nitrogens with one attached hydrogen (secondary N) is 1. The van der Waals surface area contributed by atoms with Crippen LogP contribution in [0.4, 0.5) is 19.3 Å². The van der Waals surface area contributed by atoms with Gasteiger partial charge >= 0.3 is 6.09 Å². The molecule has 1 fully saturated rings. The summed E-state index contributed by atoms with van der Waals surface area (Å²) in [5, 5.41) is 7.20. The molecule has 0 aliphatic carbocycles. The van der Waals surface area contributed by atoms with Crippen LogP contribution in [0.3, 0.4) is 0 Å². The van der Waals surface area contributed by atoms with E-state index in [1.54, 1.807) is 17.0 Å². The Morgan fingerprint density at radius 3 is 2.33 bits per heavy atom. The molecule has 3 aromatic rings. The molecule has 1 aliphatic heterocycles. The lowest BCUT2D eigenvalue weighted by atomic mass is 9.90. The number of carbonyl (C=O) groups excluding carboxylic acids is 2. The molecule has 36 heavy (non-hydrogen) atoms. The molecule has 1 aliphatic rings. The zero-order valence-electron chi connectivity index (χ0n) is 20.8. The fourth-order valence-corrected chi connectivity index (χ4v) is 4.27. The fraction of sp³-hybridized carbons (Fsp3) is 0.370. The number of aryl methyl sites for hydroxylation is 1. The molecule has 2 aromatic carbocycles.